The standard InChI is InChI=1S/C22H34O3/c1-13-11-16(24)12-15-5-6-17-18-7-8-20(25-14(2)23)21(18,3)10-9-19(17)22(13,15)4/h13,15,17-20H,5-12H2,1-4H3/t13?,15?,17-,18-,19+,20?,21-,22-/m0/s1. The van der Waals surface area contributed by atoms with Crippen LogP contribution in [0.1, 0.15) is 79.1 Å². The summed E-state index contributed by atoms with van der Waals surface area (Å²) in [5, 5.41) is 0. The van der Waals surface area contributed by atoms with Crippen LogP contribution in [0, 0.1) is 40.4 Å². The van der Waals surface area contributed by atoms with E-state index in [9.17, 15) is 9.59 Å². The maximum Gasteiger partial charge on any atom is 0.302 e. The van der Waals surface area contributed by atoms with Crippen LogP contribution in [0.2, 0.25) is 0 Å². The summed E-state index contributed by atoms with van der Waals surface area (Å²) in [7, 11) is 0. The number of rotatable bonds is 1. The Morgan fingerprint density at radius 2 is 1.80 bits per heavy atom. The van der Waals surface area contributed by atoms with Gasteiger partial charge in [-0.05, 0) is 73.5 Å². The Bertz CT molecular complexity index is 584. The second-order valence-corrected chi connectivity index (χ2v) is 10.1. The Labute approximate surface area is 152 Å². The first-order valence-electron chi connectivity index (χ1n) is 10.5. The van der Waals surface area contributed by atoms with Gasteiger partial charge >= 0.3 is 5.97 Å². The highest BCUT2D eigenvalue weighted by Crippen LogP contribution is 2.67. The first-order chi connectivity index (χ1) is 11.8. The maximum absolute atomic E-state index is 12.2. The first-order valence-corrected chi connectivity index (χ1v) is 10.5. The molecule has 0 amide bonds. The number of esters is 1. The van der Waals surface area contributed by atoms with Gasteiger partial charge in [0.15, 0.2) is 0 Å². The number of Topliss-reactive ketones (excluding diaryl/α,β-unsaturated/α-hetero) is 1. The molecule has 4 aliphatic rings. The minimum absolute atomic E-state index is 0.117. The zero-order valence-electron chi connectivity index (χ0n) is 16.3. The highest BCUT2D eigenvalue weighted by Gasteiger charge is 2.62. The number of ether oxygens (including phenoxy) is 1. The van der Waals surface area contributed by atoms with E-state index < -0.39 is 0 Å². The van der Waals surface area contributed by atoms with E-state index in [2.05, 4.69) is 20.8 Å². The van der Waals surface area contributed by atoms with Gasteiger partial charge in [0.1, 0.15) is 11.9 Å². The van der Waals surface area contributed by atoms with Crippen LogP contribution >= 0.6 is 0 Å². The van der Waals surface area contributed by atoms with Gasteiger partial charge in [0.2, 0.25) is 0 Å². The fourth-order valence-corrected chi connectivity index (χ4v) is 7.82. The van der Waals surface area contributed by atoms with Crippen molar-refractivity contribution in [2.24, 2.45) is 40.4 Å². The van der Waals surface area contributed by atoms with Crippen molar-refractivity contribution in [3.63, 3.8) is 0 Å². The van der Waals surface area contributed by atoms with Gasteiger partial charge < -0.3 is 4.74 Å². The third-order valence-corrected chi connectivity index (χ3v) is 9.26. The van der Waals surface area contributed by atoms with E-state index in [1.807, 2.05) is 0 Å². The molecule has 140 valence electrons. The second kappa shape index (κ2) is 5.82. The van der Waals surface area contributed by atoms with E-state index >= 15 is 0 Å². The summed E-state index contributed by atoms with van der Waals surface area (Å²) in [6.07, 6.45) is 8.90. The predicted octanol–water partition coefficient (Wildman–Crippen LogP) is 4.78. The molecule has 0 aliphatic heterocycles. The van der Waals surface area contributed by atoms with Crippen molar-refractivity contribution in [3.8, 4) is 0 Å². The van der Waals surface area contributed by atoms with Crippen molar-refractivity contribution in [1.82, 2.24) is 0 Å². The molecular weight excluding hydrogens is 312 g/mol. The normalized spacial score (nSPS) is 52.1. The van der Waals surface area contributed by atoms with Crippen LogP contribution in [-0.2, 0) is 14.3 Å². The summed E-state index contributed by atoms with van der Waals surface area (Å²) in [5.41, 5.74) is 0.501. The topological polar surface area (TPSA) is 43.4 Å². The quantitative estimate of drug-likeness (QED) is 0.642. The molecule has 0 spiro atoms. The molecule has 0 heterocycles. The number of hydrogen-bond donors (Lipinski definition) is 0. The Kier molecular flexibility index (Phi) is 4.09. The molecule has 4 rings (SSSR count). The molecule has 4 fully saturated rings. The summed E-state index contributed by atoms with van der Waals surface area (Å²) >= 11 is 0. The maximum atomic E-state index is 12.2. The Morgan fingerprint density at radius 1 is 1.04 bits per heavy atom. The minimum Gasteiger partial charge on any atom is -0.462 e. The van der Waals surface area contributed by atoms with E-state index in [4.69, 9.17) is 4.74 Å². The molecule has 3 heteroatoms. The van der Waals surface area contributed by atoms with Crippen LogP contribution in [0.25, 0.3) is 0 Å². The van der Waals surface area contributed by atoms with Gasteiger partial charge in [-0.3, -0.25) is 9.59 Å². The lowest BCUT2D eigenvalue weighted by Gasteiger charge is -2.62. The molecule has 0 aromatic carbocycles. The summed E-state index contributed by atoms with van der Waals surface area (Å²) in [6, 6.07) is 0. The minimum atomic E-state index is -0.121. The summed E-state index contributed by atoms with van der Waals surface area (Å²) in [4.78, 5) is 23.7. The van der Waals surface area contributed by atoms with Crippen LogP contribution in [0.3, 0.4) is 0 Å². The molecule has 0 N–H and O–H groups in total. The van der Waals surface area contributed by atoms with E-state index in [0.717, 1.165) is 31.1 Å². The molecule has 4 aliphatic carbocycles. The largest absolute Gasteiger partial charge is 0.462 e. The van der Waals surface area contributed by atoms with Crippen molar-refractivity contribution >= 4 is 11.8 Å². The molecule has 8 atom stereocenters. The van der Waals surface area contributed by atoms with Crippen molar-refractivity contribution < 1.29 is 14.3 Å². The summed E-state index contributed by atoms with van der Waals surface area (Å²) in [6.45, 7) is 8.77. The lowest BCUT2D eigenvalue weighted by Crippen LogP contribution is -2.56. The molecule has 3 nitrogen and oxygen atoms in total. The van der Waals surface area contributed by atoms with E-state index in [0.29, 0.717) is 29.0 Å². The average Bonchev–Trinajstić information content (AvgIpc) is 2.85. The molecule has 0 radical (unpaired) electrons. The Balaban J connectivity index is 1.61. The molecule has 0 bridgehead atoms. The van der Waals surface area contributed by atoms with Crippen molar-refractivity contribution in [3.05, 3.63) is 0 Å². The van der Waals surface area contributed by atoms with Crippen LogP contribution in [0.5, 0.6) is 0 Å². The Morgan fingerprint density at radius 3 is 2.52 bits per heavy atom. The lowest BCUT2D eigenvalue weighted by molar-refractivity contribution is -0.167. The molecule has 4 saturated carbocycles. The fourth-order valence-electron chi connectivity index (χ4n) is 7.82. The fraction of sp³-hybridized carbons (Fsp3) is 0.909. The first kappa shape index (κ1) is 17.5. The number of carbonyl (C=O) groups is 2. The van der Waals surface area contributed by atoms with Gasteiger partial charge in [0.25, 0.3) is 0 Å². The van der Waals surface area contributed by atoms with Crippen molar-refractivity contribution in [2.75, 3.05) is 0 Å². The molecule has 0 aromatic rings. The van der Waals surface area contributed by atoms with E-state index in [1.165, 1.54) is 32.1 Å². The Hall–Kier alpha value is -0.860. The monoisotopic (exact) mass is 346 g/mol. The second-order valence-electron chi connectivity index (χ2n) is 10.1. The van der Waals surface area contributed by atoms with Crippen LogP contribution in [0.4, 0.5) is 0 Å². The molecule has 0 aromatic heterocycles. The number of ketones is 1. The average molecular weight is 347 g/mol. The predicted molar refractivity (Wildman–Crippen MR) is 96.8 cm³/mol. The highest BCUT2D eigenvalue weighted by atomic mass is 16.5. The van der Waals surface area contributed by atoms with Crippen LogP contribution < -0.4 is 0 Å². The zero-order valence-corrected chi connectivity index (χ0v) is 16.3. The van der Waals surface area contributed by atoms with Gasteiger partial charge in [0.05, 0.1) is 0 Å². The van der Waals surface area contributed by atoms with E-state index in [1.54, 1.807) is 6.92 Å². The highest BCUT2D eigenvalue weighted by molar-refractivity contribution is 5.80. The van der Waals surface area contributed by atoms with Crippen LogP contribution in [0.15, 0.2) is 0 Å². The third-order valence-electron chi connectivity index (χ3n) is 9.26. The zero-order chi connectivity index (χ0) is 18.0. The van der Waals surface area contributed by atoms with Gasteiger partial charge in [-0.1, -0.05) is 20.8 Å². The van der Waals surface area contributed by atoms with Gasteiger partial charge in [-0.2, -0.15) is 0 Å². The lowest BCUT2D eigenvalue weighted by atomic mass is 9.43. The summed E-state index contributed by atoms with van der Waals surface area (Å²) < 4.78 is 5.75. The molecule has 25 heavy (non-hydrogen) atoms. The number of fused-ring (bicyclic) bond motifs is 5. The van der Waals surface area contributed by atoms with Crippen molar-refractivity contribution in [1.29, 1.82) is 0 Å². The van der Waals surface area contributed by atoms with Gasteiger partial charge in [-0.25, -0.2) is 0 Å². The van der Waals surface area contributed by atoms with E-state index in [-0.39, 0.29) is 17.5 Å². The van der Waals surface area contributed by atoms with Gasteiger partial charge in [0, 0.05) is 25.2 Å². The SMILES string of the molecule is CC(=O)OC1CC[C@H]2[C@@H]3CCC4CC(=O)CC(C)[C@]4(C)[C@@H]3CC[C@]12C. The third kappa shape index (κ3) is 2.44. The summed E-state index contributed by atoms with van der Waals surface area (Å²) in [5.74, 6) is 3.69. The van der Waals surface area contributed by atoms with Crippen LogP contribution in [-0.4, -0.2) is 17.9 Å². The molecule has 3 unspecified atom stereocenters. The number of carbonyl (C=O) groups excluding carboxylic acids is 2. The smallest absolute Gasteiger partial charge is 0.302 e. The molecular formula is C22H34O3. The van der Waals surface area contributed by atoms with Gasteiger partial charge in [-0.15, -0.1) is 0 Å². The molecule has 0 saturated heterocycles. The van der Waals surface area contributed by atoms with Crippen molar-refractivity contribution in [2.45, 2.75) is 85.2 Å². The number of hydrogen-bond acceptors (Lipinski definition) is 3.